The summed E-state index contributed by atoms with van der Waals surface area (Å²) in [6.45, 7) is 3.58. The average molecular weight is 601 g/mol. The number of phenols is 1. The Morgan fingerprint density at radius 1 is 1.14 bits per heavy atom. The van der Waals surface area contributed by atoms with Gasteiger partial charge >= 0.3 is 6.01 Å². The Kier molecular flexibility index (Phi) is 5.94. The lowest BCUT2D eigenvalue weighted by molar-refractivity contribution is 0.107. The van der Waals surface area contributed by atoms with Crippen LogP contribution in [0.25, 0.3) is 32.9 Å². The van der Waals surface area contributed by atoms with E-state index in [0.29, 0.717) is 54.8 Å². The number of piperazine rings is 1. The summed E-state index contributed by atoms with van der Waals surface area (Å²) in [7, 11) is 0. The number of ether oxygens (including phenoxy) is 2. The van der Waals surface area contributed by atoms with Crippen molar-refractivity contribution >= 4 is 27.5 Å². The van der Waals surface area contributed by atoms with Gasteiger partial charge in [-0.05, 0) is 61.2 Å². The fourth-order valence-corrected chi connectivity index (χ4v) is 8.47. The Bertz CT molecular complexity index is 1810. The van der Waals surface area contributed by atoms with Crippen molar-refractivity contribution < 1.29 is 23.4 Å². The van der Waals surface area contributed by atoms with E-state index in [1.54, 1.807) is 18.3 Å². The van der Waals surface area contributed by atoms with Gasteiger partial charge in [0.1, 0.15) is 41.3 Å². The lowest BCUT2D eigenvalue weighted by atomic mass is 9.94. The first-order valence-corrected chi connectivity index (χ1v) is 15.7. The molecule has 44 heavy (non-hydrogen) atoms. The zero-order valence-corrected chi connectivity index (χ0v) is 24.4. The first-order valence-electron chi connectivity index (χ1n) is 15.7. The van der Waals surface area contributed by atoms with E-state index in [0.717, 1.165) is 67.4 Å². The van der Waals surface area contributed by atoms with Crippen molar-refractivity contribution in [1.82, 2.24) is 25.2 Å². The molecule has 9 nitrogen and oxygen atoms in total. The number of halogens is 2. The fourth-order valence-electron chi connectivity index (χ4n) is 8.47. The number of alkyl halides is 1. The third-order valence-corrected chi connectivity index (χ3v) is 10.4. The molecule has 2 N–H and O–H groups in total. The third-order valence-electron chi connectivity index (χ3n) is 10.4. The quantitative estimate of drug-likeness (QED) is 0.343. The molecule has 0 radical (unpaired) electrons. The smallest absolute Gasteiger partial charge is 0.319 e. The van der Waals surface area contributed by atoms with Crippen LogP contribution in [0, 0.1) is 5.82 Å². The summed E-state index contributed by atoms with van der Waals surface area (Å²) in [5.74, 6) is 0.802. The minimum Gasteiger partial charge on any atom is -0.508 e. The Balaban J connectivity index is 1.18. The number of rotatable bonds is 5. The van der Waals surface area contributed by atoms with Crippen molar-refractivity contribution in [3.8, 4) is 28.8 Å². The Hall–Kier alpha value is -3.83. The van der Waals surface area contributed by atoms with Crippen molar-refractivity contribution in [1.29, 1.82) is 0 Å². The fraction of sp³-hybridized carbons (Fsp3) is 0.485. The highest BCUT2D eigenvalue weighted by molar-refractivity contribution is 6.02. The molecule has 0 unspecified atom stereocenters. The Labute approximate surface area is 253 Å². The van der Waals surface area contributed by atoms with Crippen LogP contribution in [-0.4, -0.2) is 88.1 Å². The van der Waals surface area contributed by atoms with Crippen molar-refractivity contribution in [3.63, 3.8) is 0 Å². The van der Waals surface area contributed by atoms with Crippen molar-refractivity contribution in [2.24, 2.45) is 0 Å². The van der Waals surface area contributed by atoms with E-state index in [2.05, 4.69) is 25.1 Å². The van der Waals surface area contributed by atoms with Crippen LogP contribution in [-0.2, 0) is 6.42 Å². The summed E-state index contributed by atoms with van der Waals surface area (Å²) < 4.78 is 43.4. The molecule has 9 rings (SSSR count). The van der Waals surface area contributed by atoms with Gasteiger partial charge in [0.05, 0.1) is 17.5 Å². The molecule has 228 valence electrons. The monoisotopic (exact) mass is 600 g/mol. The summed E-state index contributed by atoms with van der Waals surface area (Å²) in [4.78, 5) is 18.5. The van der Waals surface area contributed by atoms with Gasteiger partial charge in [0, 0.05) is 61.9 Å². The van der Waals surface area contributed by atoms with Gasteiger partial charge in [0.2, 0.25) is 0 Å². The second-order valence-electron chi connectivity index (χ2n) is 13.2. The number of hydrogen-bond donors (Lipinski definition) is 2. The molecule has 4 fully saturated rings. The maximum atomic E-state index is 16.9. The van der Waals surface area contributed by atoms with Crippen LogP contribution in [0.4, 0.5) is 14.6 Å². The molecule has 2 aromatic heterocycles. The van der Waals surface area contributed by atoms with Crippen LogP contribution in [0.1, 0.15) is 37.7 Å². The largest absolute Gasteiger partial charge is 0.508 e. The molecule has 2 aromatic carbocycles. The average Bonchev–Trinajstić information content (AvgIpc) is 3.79. The topological polar surface area (TPSA) is 95.9 Å². The number of phenolic OH excluding ortho intramolecular Hbond substituents is 1. The number of pyridine rings is 1. The lowest BCUT2D eigenvalue weighted by Gasteiger charge is -2.34. The van der Waals surface area contributed by atoms with Gasteiger partial charge in [0.25, 0.3) is 0 Å². The lowest BCUT2D eigenvalue weighted by Crippen LogP contribution is -2.51. The first-order chi connectivity index (χ1) is 21.4. The Morgan fingerprint density at radius 2 is 2.00 bits per heavy atom. The van der Waals surface area contributed by atoms with E-state index >= 15 is 4.39 Å². The zero-order valence-electron chi connectivity index (χ0n) is 24.4. The molecule has 4 saturated heterocycles. The number of nitrogens with zero attached hydrogens (tertiary/aromatic N) is 5. The molecule has 0 amide bonds. The van der Waals surface area contributed by atoms with E-state index in [4.69, 9.17) is 14.5 Å². The number of anilines is 1. The molecule has 5 aliphatic rings. The highest BCUT2D eigenvalue weighted by Gasteiger charge is 2.49. The molecule has 0 saturated carbocycles. The number of nitrogens with one attached hydrogen (secondary N) is 1. The normalized spacial score (nSPS) is 27.7. The number of benzene rings is 2. The molecule has 4 atom stereocenters. The van der Waals surface area contributed by atoms with Crippen LogP contribution < -0.4 is 19.7 Å². The summed E-state index contributed by atoms with van der Waals surface area (Å²) in [6.07, 6.45) is 5.92. The SMILES string of the molecule is Oc1cc(-c2ncc3c(N4C[C@H]5CC[C@@H](C4)N5)nc(OC[C@@]45CCCN4C[C@H](F)C5)nc3c2F)c2c3c(ccc2c1)OCC3. The van der Waals surface area contributed by atoms with Crippen molar-refractivity contribution in [2.75, 3.05) is 44.3 Å². The summed E-state index contributed by atoms with van der Waals surface area (Å²) in [6, 6.07) is 7.78. The van der Waals surface area contributed by atoms with Crippen molar-refractivity contribution in [3.05, 3.63) is 41.8 Å². The van der Waals surface area contributed by atoms with Gasteiger partial charge in [-0.3, -0.25) is 9.88 Å². The minimum absolute atomic E-state index is 0.0273. The van der Waals surface area contributed by atoms with Gasteiger partial charge in [-0.25, -0.2) is 8.78 Å². The van der Waals surface area contributed by atoms with Crippen molar-refractivity contribution in [2.45, 2.75) is 62.3 Å². The predicted octanol–water partition coefficient (Wildman–Crippen LogP) is 4.52. The van der Waals surface area contributed by atoms with Crippen LogP contribution in [0.15, 0.2) is 30.5 Å². The molecule has 11 heteroatoms. The van der Waals surface area contributed by atoms with Gasteiger partial charge in [-0.15, -0.1) is 0 Å². The van der Waals surface area contributed by atoms with Crippen LogP contribution in [0.3, 0.4) is 0 Å². The maximum Gasteiger partial charge on any atom is 0.319 e. The highest BCUT2D eigenvalue weighted by atomic mass is 19.1. The summed E-state index contributed by atoms with van der Waals surface area (Å²) in [5, 5.41) is 16.4. The third kappa shape index (κ3) is 4.12. The molecule has 7 heterocycles. The summed E-state index contributed by atoms with van der Waals surface area (Å²) >= 11 is 0. The van der Waals surface area contributed by atoms with Crippen LogP contribution >= 0.6 is 0 Å². The van der Waals surface area contributed by atoms with Gasteiger partial charge in [0.15, 0.2) is 5.82 Å². The number of aromatic nitrogens is 3. The molecule has 0 spiro atoms. The van der Waals surface area contributed by atoms with E-state index < -0.39 is 12.0 Å². The Morgan fingerprint density at radius 3 is 2.86 bits per heavy atom. The minimum atomic E-state index is -0.877. The first kappa shape index (κ1) is 26.6. The van der Waals surface area contributed by atoms with E-state index in [9.17, 15) is 9.50 Å². The summed E-state index contributed by atoms with van der Waals surface area (Å²) in [5.41, 5.74) is 1.32. The number of aromatic hydroxyl groups is 1. The maximum absolute atomic E-state index is 16.9. The molecule has 4 aromatic rings. The molecular formula is C33H34F2N6O3. The molecule has 0 aliphatic carbocycles. The van der Waals surface area contributed by atoms with Gasteiger partial charge in [-0.2, -0.15) is 9.97 Å². The molecule has 5 aliphatic heterocycles. The second kappa shape index (κ2) is 9.84. The highest BCUT2D eigenvalue weighted by Crippen LogP contribution is 2.43. The van der Waals surface area contributed by atoms with Gasteiger partial charge in [-0.1, -0.05) is 6.07 Å². The zero-order chi connectivity index (χ0) is 29.6. The molecule has 2 bridgehead atoms. The van der Waals surface area contributed by atoms with Crippen LogP contribution in [0.5, 0.6) is 17.5 Å². The van der Waals surface area contributed by atoms with Gasteiger partial charge < -0.3 is 24.8 Å². The standard InChI is InChI=1S/C33H34F2N6O3/c34-19-12-33(7-1-8-41(33)14-19)17-44-32-38-30-25(31(39-32)40-15-20-3-4-21(16-40)37-20)13-36-29(28(30)35)24-11-22(42)10-18-2-5-26-23(27(18)24)6-9-43-26/h2,5,10-11,13,19-21,37,42H,1,3-4,6-9,12,14-17H2/t19-,20-,21+,33+/m1/s1. The number of hydrogen-bond acceptors (Lipinski definition) is 9. The number of fused-ring (bicyclic) bond motifs is 7. The van der Waals surface area contributed by atoms with E-state index in [-0.39, 0.29) is 35.1 Å². The van der Waals surface area contributed by atoms with Crippen LogP contribution in [0.2, 0.25) is 0 Å². The second-order valence-corrected chi connectivity index (χ2v) is 13.2. The molecular weight excluding hydrogens is 566 g/mol. The van der Waals surface area contributed by atoms with E-state index in [1.165, 1.54) is 0 Å². The van der Waals surface area contributed by atoms with E-state index in [1.807, 2.05) is 12.1 Å². The predicted molar refractivity (Wildman–Crippen MR) is 162 cm³/mol.